The Morgan fingerprint density at radius 1 is 1.44 bits per heavy atom. The van der Waals surface area contributed by atoms with Gasteiger partial charge in [0.15, 0.2) is 0 Å². The maximum absolute atomic E-state index is 11.9. The van der Waals surface area contributed by atoms with Crippen molar-refractivity contribution in [1.82, 2.24) is 10.2 Å². The van der Waals surface area contributed by atoms with Crippen LogP contribution in [0.5, 0.6) is 0 Å². The first-order valence-corrected chi connectivity index (χ1v) is 7.17. The van der Waals surface area contributed by atoms with Gasteiger partial charge in [-0.2, -0.15) is 0 Å². The Labute approximate surface area is 111 Å². The number of hydrogen-bond acceptors (Lipinski definition) is 5. The van der Waals surface area contributed by atoms with E-state index in [1.165, 1.54) is 11.3 Å². The molecule has 1 aliphatic carbocycles. The van der Waals surface area contributed by atoms with Gasteiger partial charge in [-0.1, -0.05) is 25.2 Å². The molecule has 1 amide bonds. The molecule has 0 saturated heterocycles. The van der Waals surface area contributed by atoms with Gasteiger partial charge in [-0.05, 0) is 31.6 Å². The molecule has 5 nitrogen and oxygen atoms in total. The maximum atomic E-state index is 11.9. The van der Waals surface area contributed by atoms with E-state index in [1.807, 2.05) is 0 Å². The molecule has 0 radical (unpaired) electrons. The molecule has 6 heteroatoms. The van der Waals surface area contributed by atoms with E-state index in [-0.39, 0.29) is 5.91 Å². The number of amides is 1. The van der Waals surface area contributed by atoms with Gasteiger partial charge in [-0.15, -0.1) is 10.2 Å². The third-order valence-electron chi connectivity index (χ3n) is 3.12. The third-order valence-corrected chi connectivity index (χ3v) is 3.98. The van der Waals surface area contributed by atoms with E-state index in [4.69, 9.17) is 0 Å². The van der Waals surface area contributed by atoms with Crippen LogP contribution in [0.4, 0.5) is 5.13 Å². The van der Waals surface area contributed by atoms with Crippen molar-refractivity contribution in [2.75, 3.05) is 5.32 Å². The first kappa shape index (κ1) is 13.4. The molecule has 1 fully saturated rings. The molecule has 100 valence electrons. The van der Waals surface area contributed by atoms with E-state index in [0.29, 0.717) is 23.9 Å². The van der Waals surface area contributed by atoms with E-state index in [2.05, 4.69) is 29.4 Å². The van der Waals surface area contributed by atoms with Crippen molar-refractivity contribution < 1.29 is 9.90 Å². The van der Waals surface area contributed by atoms with Crippen molar-refractivity contribution >= 4 is 22.4 Å². The highest BCUT2D eigenvalue weighted by Gasteiger charge is 2.39. The van der Waals surface area contributed by atoms with E-state index >= 15 is 0 Å². The highest BCUT2D eigenvalue weighted by atomic mass is 32.1. The average Bonchev–Trinajstić information content (AvgIpc) is 2.88. The van der Waals surface area contributed by atoms with Crippen LogP contribution in [-0.2, 0) is 11.2 Å². The summed E-state index contributed by atoms with van der Waals surface area (Å²) in [6.07, 6.45) is 3.74. The first-order chi connectivity index (χ1) is 8.49. The second-order valence-electron chi connectivity index (χ2n) is 5.29. The van der Waals surface area contributed by atoms with Crippen LogP contribution in [-0.4, -0.2) is 26.8 Å². The molecule has 0 unspecified atom stereocenters. The fourth-order valence-corrected chi connectivity index (χ4v) is 3.08. The highest BCUT2D eigenvalue weighted by Crippen LogP contribution is 2.31. The summed E-state index contributed by atoms with van der Waals surface area (Å²) in [5, 5.41) is 22.2. The Morgan fingerprint density at radius 2 is 2.11 bits per heavy atom. The van der Waals surface area contributed by atoms with Gasteiger partial charge in [0.25, 0.3) is 5.91 Å². The molecule has 0 aliphatic heterocycles. The van der Waals surface area contributed by atoms with Gasteiger partial charge in [0.2, 0.25) is 5.13 Å². The van der Waals surface area contributed by atoms with Crippen LogP contribution in [0.2, 0.25) is 0 Å². The second-order valence-corrected chi connectivity index (χ2v) is 6.35. The zero-order valence-corrected chi connectivity index (χ0v) is 11.6. The summed E-state index contributed by atoms with van der Waals surface area (Å²) in [5.41, 5.74) is -1.20. The van der Waals surface area contributed by atoms with Crippen LogP contribution >= 0.6 is 11.3 Å². The molecule has 1 aromatic heterocycles. The quantitative estimate of drug-likeness (QED) is 0.876. The van der Waals surface area contributed by atoms with Crippen LogP contribution in [0.25, 0.3) is 0 Å². The Balaban J connectivity index is 1.96. The predicted molar refractivity (Wildman–Crippen MR) is 70.5 cm³/mol. The fourth-order valence-electron chi connectivity index (χ4n) is 2.14. The van der Waals surface area contributed by atoms with Crippen molar-refractivity contribution in [3.8, 4) is 0 Å². The van der Waals surface area contributed by atoms with Crippen molar-refractivity contribution in [1.29, 1.82) is 0 Å². The summed E-state index contributed by atoms with van der Waals surface area (Å²) in [5.74, 6) is 0.174. The first-order valence-electron chi connectivity index (χ1n) is 6.36. The molecule has 0 spiro atoms. The van der Waals surface area contributed by atoms with Crippen LogP contribution in [0.3, 0.4) is 0 Å². The number of carbonyl (C=O) groups excluding carboxylic acids is 1. The molecule has 18 heavy (non-hydrogen) atoms. The van der Waals surface area contributed by atoms with Crippen molar-refractivity contribution in [2.45, 2.75) is 51.6 Å². The minimum absolute atomic E-state index is 0.341. The smallest absolute Gasteiger partial charge is 0.258 e. The highest BCUT2D eigenvalue weighted by molar-refractivity contribution is 7.15. The molecule has 2 N–H and O–H groups in total. The number of nitrogens with zero attached hydrogens (tertiary/aromatic N) is 2. The predicted octanol–water partition coefficient (Wildman–Crippen LogP) is 1.98. The number of carbonyl (C=O) groups is 1. The van der Waals surface area contributed by atoms with E-state index < -0.39 is 5.60 Å². The molecule has 0 bridgehead atoms. The Bertz CT molecular complexity index is 425. The standard InChI is InChI=1S/C12H19N3O2S/c1-8(2)7-9-14-15-11(18-9)13-10(16)12(17)5-3-4-6-12/h8,17H,3-7H2,1-2H3,(H,13,15,16). The Morgan fingerprint density at radius 3 is 2.72 bits per heavy atom. The maximum Gasteiger partial charge on any atom is 0.258 e. The minimum Gasteiger partial charge on any atom is -0.380 e. The van der Waals surface area contributed by atoms with Crippen LogP contribution < -0.4 is 5.32 Å². The van der Waals surface area contributed by atoms with Gasteiger partial charge >= 0.3 is 0 Å². The lowest BCUT2D eigenvalue weighted by molar-refractivity contribution is -0.133. The van der Waals surface area contributed by atoms with Gasteiger partial charge in [0, 0.05) is 6.42 Å². The molecule has 0 atom stereocenters. The topological polar surface area (TPSA) is 75.1 Å². The lowest BCUT2D eigenvalue weighted by Gasteiger charge is -2.19. The Kier molecular flexibility index (Phi) is 3.97. The lowest BCUT2D eigenvalue weighted by Crippen LogP contribution is -2.40. The van der Waals surface area contributed by atoms with E-state index in [0.717, 1.165) is 24.3 Å². The zero-order valence-electron chi connectivity index (χ0n) is 10.8. The summed E-state index contributed by atoms with van der Waals surface area (Å²) in [6, 6.07) is 0. The van der Waals surface area contributed by atoms with Crippen LogP contribution in [0, 0.1) is 5.92 Å². The molecule has 1 aromatic rings. The molecular formula is C12H19N3O2S. The number of aromatic nitrogens is 2. The number of anilines is 1. The number of hydrogen-bond donors (Lipinski definition) is 2. The van der Waals surface area contributed by atoms with Crippen molar-refractivity contribution in [2.24, 2.45) is 5.92 Å². The molecule has 1 saturated carbocycles. The fraction of sp³-hybridized carbons (Fsp3) is 0.750. The SMILES string of the molecule is CC(C)Cc1nnc(NC(=O)C2(O)CCCC2)s1. The average molecular weight is 269 g/mol. The van der Waals surface area contributed by atoms with Gasteiger partial charge < -0.3 is 5.11 Å². The van der Waals surface area contributed by atoms with E-state index in [9.17, 15) is 9.90 Å². The summed E-state index contributed by atoms with van der Waals surface area (Å²) in [4.78, 5) is 11.9. The summed E-state index contributed by atoms with van der Waals surface area (Å²) in [7, 11) is 0. The molecule has 0 aromatic carbocycles. The van der Waals surface area contributed by atoms with Crippen molar-refractivity contribution in [3.63, 3.8) is 0 Å². The Hall–Kier alpha value is -1.01. The normalized spacial score (nSPS) is 18.2. The summed E-state index contributed by atoms with van der Waals surface area (Å²) in [6.45, 7) is 4.22. The number of rotatable bonds is 4. The van der Waals surface area contributed by atoms with Crippen LogP contribution in [0.1, 0.15) is 44.5 Å². The summed E-state index contributed by atoms with van der Waals surface area (Å²) >= 11 is 1.38. The third kappa shape index (κ3) is 3.05. The zero-order chi connectivity index (χ0) is 13.2. The lowest BCUT2D eigenvalue weighted by atomic mass is 10.0. The monoisotopic (exact) mass is 269 g/mol. The minimum atomic E-state index is -1.20. The van der Waals surface area contributed by atoms with Gasteiger partial charge in [0.05, 0.1) is 0 Å². The summed E-state index contributed by atoms with van der Waals surface area (Å²) < 4.78 is 0. The van der Waals surface area contributed by atoms with E-state index in [1.54, 1.807) is 0 Å². The van der Waals surface area contributed by atoms with Gasteiger partial charge in [-0.25, -0.2) is 0 Å². The molecule has 1 heterocycles. The van der Waals surface area contributed by atoms with Crippen molar-refractivity contribution in [3.05, 3.63) is 5.01 Å². The molecular weight excluding hydrogens is 250 g/mol. The number of nitrogens with one attached hydrogen (secondary N) is 1. The second kappa shape index (κ2) is 5.32. The molecule has 1 aliphatic rings. The largest absolute Gasteiger partial charge is 0.380 e. The van der Waals surface area contributed by atoms with Gasteiger partial charge in [0.1, 0.15) is 10.6 Å². The van der Waals surface area contributed by atoms with Gasteiger partial charge in [-0.3, -0.25) is 10.1 Å². The van der Waals surface area contributed by atoms with Crippen LogP contribution in [0.15, 0.2) is 0 Å². The molecule has 2 rings (SSSR count). The number of aliphatic hydroxyl groups is 1.